The molecule has 0 spiro atoms. The zero-order valence-electron chi connectivity index (χ0n) is 11.8. The highest BCUT2D eigenvalue weighted by atomic mass is 32.2. The molecule has 0 aromatic rings. The summed E-state index contributed by atoms with van der Waals surface area (Å²) >= 11 is 0. The normalized spacial score (nSPS) is 24.1. The second-order valence-electron chi connectivity index (χ2n) is 5.49. The SMILES string of the molecule is CCS(=O)(=O)CCCN1CCCCC1CC(C)N. The highest BCUT2D eigenvalue weighted by molar-refractivity contribution is 7.91. The van der Waals surface area contributed by atoms with Gasteiger partial charge in [0.15, 0.2) is 0 Å². The van der Waals surface area contributed by atoms with Crippen molar-refractivity contribution in [1.82, 2.24) is 4.90 Å². The third-order valence-electron chi connectivity index (χ3n) is 3.73. The fourth-order valence-electron chi connectivity index (χ4n) is 2.68. The van der Waals surface area contributed by atoms with E-state index in [1.165, 1.54) is 19.3 Å². The van der Waals surface area contributed by atoms with Crippen LogP contribution in [0, 0.1) is 0 Å². The molecule has 0 aromatic carbocycles. The predicted molar refractivity (Wildman–Crippen MR) is 76.4 cm³/mol. The van der Waals surface area contributed by atoms with Crippen molar-refractivity contribution in [3.63, 3.8) is 0 Å². The fraction of sp³-hybridized carbons (Fsp3) is 1.00. The molecule has 1 rings (SSSR count). The molecule has 2 N–H and O–H groups in total. The third kappa shape index (κ3) is 5.67. The number of piperidine rings is 1. The summed E-state index contributed by atoms with van der Waals surface area (Å²) in [5.41, 5.74) is 5.88. The maximum Gasteiger partial charge on any atom is 0.150 e. The zero-order valence-corrected chi connectivity index (χ0v) is 12.6. The average Bonchev–Trinajstić information content (AvgIpc) is 2.30. The Morgan fingerprint density at radius 3 is 2.72 bits per heavy atom. The molecule has 1 fully saturated rings. The lowest BCUT2D eigenvalue weighted by atomic mass is 9.96. The van der Waals surface area contributed by atoms with Crippen molar-refractivity contribution in [2.75, 3.05) is 24.6 Å². The predicted octanol–water partition coefficient (Wildman–Crippen LogP) is 1.40. The topological polar surface area (TPSA) is 63.4 Å². The van der Waals surface area contributed by atoms with Gasteiger partial charge in [-0.25, -0.2) is 8.42 Å². The Kier molecular flexibility index (Phi) is 6.60. The molecule has 1 saturated heterocycles. The van der Waals surface area contributed by atoms with Gasteiger partial charge >= 0.3 is 0 Å². The summed E-state index contributed by atoms with van der Waals surface area (Å²) in [4.78, 5) is 2.44. The van der Waals surface area contributed by atoms with Crippen LogP contribution in [0.15, 0.2) is 0 Å². The summed E-state index contributed by atoms with van der Waals surface area (Å²) in [5, 5.41) is 0. The number of nitrogens with two attached hydrogens (primary N) is 1. The van der Waals surface area contributed by atoms with E-state index in [4.69, 9.17) is 5.73 Å². The van der Waals surface area contributed by atoms with Crippen molar-refractivity contribution in [3.8, 4) is 0 Å². The Labute approximate surface area is 112 Å². The second-order valence-corrected chi connectivity index (χ2v) is 7.96. The molecule has 108 valence electrons. The van der Waals surface area contributed by atoms with Gasteiger partial charge in [0, 0.05) is 17.8 Å². The molecule has 0 bridgehead atoms. The number of hydrogen-bond acceptors (Lipinski definition) is 4. The average molecular weight is 276 g/mol. The molecule has 4 nitrogen and oxygen atoms in total. The molecule has 2 unspecified atom stereocenters. The zero-order chi connectivity index (χ0) is 13.6. The highest BCUT2D eigenvalue weighted by Crippen LogP contribution is 2.20. The molecular formula is C13H28N2O2S. The minimum Gasteiger partial charge on any atom is -0.328 e. The standard InChI is InChI=1S/C13H28N2O2S/c1-3-18(16,17)10-6-9-15-8-5-4-7-13(15)11-12(2)14/h12-13H,3-11,14H2,1-2H3. The summed E-state index contributed by atoms with van der Waals surface area (Å²) in [5.74, 6) is 0.584. The molecule has 0 amide bonds. The Morgan fingerprint density at radius 2 is 2.11 bits per heavy atom. The Morgan fingerprint density at radius 1 is 1.39 bits per heavy atom. The maximum atomic E-state index is 11.5. The van der Waals surface area contributed by atoms with E-state index >= 15 is 0 Å². The van der Waals surface area contributed by atoms with Crippen LogP contribution < -0.4 is 5.73 Å². The van der Waals surface area contributed by atoms with E-state index in [2.05, 4.69) is 4.90 Å². The van der Waals surface area contributed by atoms with Gasteiger partial charge in [0.05, 0.1) is 5.75 Å². The first-order valence-electron chi connectivity index (χ1n) is 7.14. The van der Waals surface area contributed by atoms with E-state index in [9.17, 15) is 8.42 Å². The largest absolute Gasteiger partial charge is 0.328 e. The van der Waals surface area contributed by atoms with Gasteiger partial charge in [-0.2, -0.15) is 0 Å². The van der Waals surface area contributed by atoms with Gasteiger partial charge in [0.1, 0.15) is 9.84 Å². The maximum absolute atomic E-state index is 11.5. The molecule has 0 aliphatic carbocycles. The number of likely N-dealkylation sites (tertiary alicyclic amines) is 1. The van der Waals surface area contributed by atoms with Gasteiger partial charge in [-0.1, -0.05) is 13.3 Å². The van der Waals surface area contributed by atoms with Crippen molar-refractivity contribution in [2.24, 2.45) is 5.73 Å². The molecule has 18 heavy (non-hydrogen) atoms. The van der Waals surface area contributed by atoms with Gasteiger partial charge < -0.3 is 10.6 Å². The highest BCUT2D eigenvalue weighted by Gasteiger charge is 2.23. The lowest BCUT2D eigenvalue weighted by Crippen LogP contribution is -2.43. The molecule has 0 aromatic heterocycles. The van der Waals surface area contributed by atoms with Crippen LogP contribution in [-0.4, -0.2) is 50.0 Å². The van der Waals surface area contributed by atoms with Crippen LogP contribution in [0.2, 0.25) is 0 Å². The summed E-state index contributed by atoms with van der Waals surface area (Å²) in [7, 11) is -2.81. The first-order valence-corrected chi connectivity index (χ1v) is 8.97. The summed E-state index contributed by atoms with van der Waals surface area (Å²) in [6.07, 6.45) is 5.51. The summed E-state index contributed by atoms with van der Waals surface area (Å²) < 4.78 is 22.9. The minimum atomic E-state index is -2.81. The van der Waals surface area contributed by atoms with E-state index in [-0.39, 0.29) is 11.8 Å². The smallest absolute Gasteiger partial charge is 0.150 e. The van der Waals surface area contributed by atoms with Crippen LogP contribution in [0.25, 0.3) is 0 Å². The van der Waals surface area contributed by atoms with Crippen LogP contribution >= 0.6 is 0 Å². The number of rotatable bonds is 7. The minimum absolute atomic E-state index is 0.231. The van der Waals surface area contributed by atoms with E-state index in [1.54, 1.807) is 6.92 Å². The first-order chi connectivity index (χ1) is 8.44. The van der Waals surface area contributed by atoms with Crippen LogP contribution in [0.3, 0.4) is 0 Å². The second kappa shape index (κ2) is 7.46. The van der Waals surface area contributed by atoms with Crippen LogP contribution in [0.1, 0.15) is 46.0 Å². The molecular weight excluding hydrogens is 248 g/mol. The Bertz CT molecular complexity index is 328. The number of nitrogens with zero attached hydrogens (tertiary/aromatic N) is 1. The quantitative estimate of drug-likeness (QED) is 0.763. The fourth-order valence-corrected chi connectivity index (χ4v) is 3.54. The molecule has 0 radical (unpaired) electrons. The van der Waals surface area contributed by atoms with Crippen molar-refractivity contribution in [1.29, 1.82) is 0 Å². The van der Waals surface area contributed by atoms with Crippen molar-refractivity contribution >= 4 is 9.84 Å². The molecule has 0 saturated carbocycles. The molecule has 2 atom stereocenters. The van der Waals surface area contributed by atoms with Gasteiger partial charge in [-0.3, -0.25) is 0 Å². The first kappa shape index (κ1) is 15.9. The van der Waals surface area contributed by atoms with Gasteiger partial charge in [-0.15, -0.1) is 0 Å². The molecule has 5 heteroatoms. The van der Waals surface area contributed by atoms with Crippen molar-refractivity contribution < 1.29 is 8.42 Å². The van der Waals surface area contributed by atoms with E-state index in [0.717, 1.165) is 25.9 Å². The third-order valence-corrected chi connectivity index (χ3v) is 5.52. The summed E-state index contributed by atoms with van der Waals surface area (Å²) in [6, 6.07) is 0.790. The van der Waals surface area contributed by atoms with Crippen LogP contribution in [0.4, 0.5) is 0 Å². The van der Waals surface area contributed by atoms with E-state index < -0.39 is 9.84 Å². The molecule has 1 aliphatic rings. The lowest BCUT2D eigenvalue weighted by molar-refractivity contribution is 0.136. The number of sulfone groups is 1. The van der Waals surface area contributed by atoms with Gasteiger partial charge in [-0.05, 0) is 45.7 Å². The van der Waals surface area contributed by atoms with E-state index in [0.29, 0.717) is 11.8 Å². The Balaban J connectivity index is 2.38. The van der Waals surface area contributed by atoms with Crippen molar-refractivity contribution in [2.45, 2.75) is 58.0 Å². The number of hydrogen-bond donors (Lipinski definition) is 1. The van der Waals surface area contributed by atoms with E-state index in [1.807, 2.05) is 6.92 Å². The molecule has 1 heterocycles. The lowest BCUT2D eigenvalue weighted by Gasteiger charge is -2.36. The Hall–Kier alpha value is -0.130. The van der Waals surface area contributed by atoms with Gasteiger partial charge in [0.25, 0.3) is 0 Å². The van der Waals surface area contributed by atoms with Crippen LogP contribution in [-0.2, 0) is 9.84 Å². The van der Waals surface area contributed by atoms with Gasteiger partial charge in [0.2, 0.25) is 0 Å². The molecule has 1 aliphatic heterocycles. The van der Waals surface area contributed by atoms with Crippen LogP contribution in [0.5, 0.6) is 0 Å². The monoisotopic (exact) mass is 276 g/mol. The summed E-state index contributed by atoms with van der Waals surface area (Å²) in [6.45, 7) is 5.77. The van der Waals surface area contributed by atoms with Crippen molar-refractivity contribution in [3.05, 3.63) is 0 Å².